The van der Waals surface area contributed by atoms with E-state index in [4.69, 9.17) is 0 Å². The summed E-state index contributed by atoms with van der Waals surface area (Å²) in [6, 6.07) is 22.5. The summed E-state index contributed by atoms with van der Waals surface area (Å²) in [5.74, 6) is 0. The fourth-order valence-electron chi connectivity index (χ4n) is 4.88. The van der Waals surface area contributed by atoms with Gasteiger partial charge < -0.3 is 12.1 Å². The first kappa shape index (κ1) is 48.8. The van der Waals surface area contributed by atoms with E-state index >= 15 is 0 Å². The zero-order valence-corrected chi connectivity index (χ0v) is 33.7. The van der Waals surface area contributed by atoms with Gasteiger partial charge in [0, 0.05) is 20.1 Å². The summed E-state index contributed by atoms with van der Waals surface area (Å²) in [6.07, 6.45) is 14.0. The van der Waals surface area contributed by atoms with E-state index in [1.54, 1.807) is 0 Å². The van der Waals surface area contributed by atoms with E-state index < -0.39 is 23.6 Å². The van der Waals surface area contributed by atoms with Crippen molar-refractivity contribution < 1.29 is 42.7 Å². The van der Waals surface area contributed by atoms with Crippen molar-refractivity contribution in [3.63, 3.8) is 0 Å². The molecular weight excluding hydrogens is 801 g/mol. The average molecular weight is 857 g/mol. The Balaban J connectivity index is -0.000000915. The topological polar surface area (TPSA) is 20.2 Å². The van der Waals surface area contributed by atoms with Gasteiger partial charge >= 0.3 is 7.54 Å². The van der Waals surface area contributed by atoms with E-state index in [0.29, 0.717) is 0 Å². The van der Waals surface area contributed by atoms with Gasteiger partial charge in [-0.2, -0.15) is 0 Å². The first-order chi connectivity index (χ1) is 20.3. The summed E-state index contributed by atoms with van der Waals surface area (Å²) in [4.78, 5) is 11.3. The number of allylic oxidation sites excluding steroid dienone is 4. The Morgan fingerprint density at radius 2 is 0.913 bits per heavy atom. The Hall–Kier alpha value is -1.61. The van der Waals surface area contributed by atoms with Gasteiger partial charge in [0.1, 0.15) is 29.0 Å². The number of benzene rings is 3. The van der Waals surface area contributed by atoms with E-state index in [0.717, 1.165) is 5.30 Å². The number of halogens is 4. The van der Waals surface area contributed by atoms with Crippen LogP contribution in [0.25, 0.3) is 0 Å². The Bertz CT molecular complexity index is 1190. The van der Waals surface area contributed by atoms with Gasteiger partial charge in [-0.15, -0.1) is 0 Å². The van der Waals surface area contributed by atoms with E-state index in [9.17, 15) is 17.8 Å². The Kier molecular flexibility index (Phi) is 27.0. The van der Waals surface area contributed by atoms with Crippen LogP contribution in [-0.4, -0.2) is 17.6 Å². The summed E-state index contributed by atoms with van der Waals surface area (Å²) in [5, 5.41) is 5.18. The van der Waals surface area contributed by atoms with Gasteiger partial charge in [0.25, 0.3) is 0 Å². The quantitative estimate of drug-likeness (QED) is 0.0988. The molecule has 1 nitrogen and oxygen atoms in total. The van der Waals surface area contributed by atoms with Gasteiger partial charge in [-0.25, -0.2) is 4.89 Å². The Morgan fingerprint density at radius 1 is 0.630 bits per heavy atom. The number of hydrogen-bond acceptors (Lipinski definition) is 1. The second kappa shape index (κ2) is 25.4. The molecule has 259 valence electrons. The molecule has 1 aliphatic carbocycles. The molecule has 3 aromatic carbocycles. The van der Waals surface area contributed by atoms with Crippen LogP contribution in [0.4, 0.5) is 12.9 Å². The van der Waals surface area contributed by atoms with Crippen molar-refractivity contribution in [1.82, 2.24) is 0 Å². The zero-order chi connectivity index (χ0) is 32.6. The summed E-state index contributed by atoms with van der Waals surface area (Å²) in [7, 11) is -6.59. The maximum atomic E-state index is 11.3. The zero-order valence-electron chi connectivity index (χ0n) is 29.3. The predicted molar refractivity (Wildman–Crippen MR) is 199 cm³/mol. The van der Waals surface area contributed by atoms with Gasteiger partial charge in [0.2, 0.25) is 0 Å². The second-order valence-electron chi connectivity index (χ2n) is 11.6. The van der Waals surface area contributed by atoms with Crippen molar-refractivity contribution in [2.45, 2.75) is 93.2 Å². The molecule has 0 spiro atoms. The van der Waals surface area contributed by atoms with Crippen molar-refractivity contribution >= 4 is 44.8 Å². The Morgan fingerprint density at radius 3 is 1.20 bits per heavy atom. The molecule has 46 heavy (non-hydrogen) atoms. The fourth-order valence-corrected chi connectivity index (χ4v) is 10.1. The molecule has 1 aliphatic rings. The molecule has 1 unspecified atom stereocenters. The van der Waals surface area contributed by atoms with Crippen LogP contribution < -0.4 is 25.9 Å². The van der Waals surface area contributed by atoms with Crippen LogP contribution in [0.15, 0.2) is 85.0 Å². The van der Waals surface area contributed by atoms with Crippen molar-refractivity contribution in [2.24, 2.45) is 0 Å². The fraction of sp³-hybridized carbons (Fsp3) is 0.378. The van der Waals surface area contributed by atoms with Crippen LogP contribution in [-0.2, 0) is 20.1 Å². The molecule has 0 fully saturated rings. The minimum Gasteiger partial charge on any atom is -1.00 e. The molecule has 0 saturated heterocycles. The summed E-state index contributed by atoms with van der Waals surface area (Å²) in [5.41, 5.74) is 5.20. The Labute approximate surface area is 294 Å². The van der Waals surface area contributed by atoms with E-state index in [-0.39, 0.29) is 37.4 Å². The smallest absolute Gasteiger partial charge is 0.762 e. The average Bonchev–Trinajstić information content (AvgIpc) is 2.88. The molecular formula is C37H55BF4IrOP2. The molecule has 1 atom stereocenters. The van der Waals surface area contributed by atoms with Crippen molar-refractivity contribution in [3.05, 3.63) is 115 Å². The standard InChI is InChI=1S/C26H32OP2.C8H12.C2H6.CH3.BF3.FH.Ir/c1-18-12-19(2)15-22(14-18)28(23-16-20(3)13-21(4)17-23)24-10-8-9-11-25(24)29(27)26(5,6)7;1-2-4-6-8-7-5-3-1;1-2;;2-1(3)4;;/h8-17,27H,1-7H3;1-2,7-8H,3-6H2;1-2H3;1H3;;1H;/q;;;-1;;;/p+1/b;2-1-,8-7?;;;;;. The predicted octanol–water partition coefficient (Wildman–Crippen LogP) is 6.99. The van der Waals surface area contributed by atoms with Crippen molar-refractivity contribution in [2.75, 3.05) is 0 Å². The van der Waals surface area contributed by atoms with Crippen molar-refractivity contribution in [1.29, 1.82) is 0 Å². The summed E-state index contributed by atoms with van der Waals surface area (Å²) >= 11 is 0. The largest absolute Gasteiger partial charge is 1.00 e. The molecule has 1 N–H and O–H groups in total. The van der Waals surface area contributed by atoms with Crippen LogP contribution >= 0.6 is 16.1 Å². The number of rotatable bonds is 4. The normalized spacial score (nSPS) is 13.1. The van der Waals surface area contributed by atoms with Crippen LogP contribution in [0.3, 0.4) is 0 Å². The maximum Gasteiger partial charge on any atom is 0.762 e. The van der Waals surface area contributed by atoms with Crippen LogP contribution in [0.1, 0.15) is 82.6 Å². The number of hydrogen-bond donors (Lipinski definition) is 1. The molecule has 1 radical (unpaired) electrons. The minimum absolute atomic E-state index is 0. The van der Waals surface area contributed by atoms with Crippen LogP contribution in [0, 0.1) is 35.1 Å². The first-order valence-electron chi connectivity index (χ1n) is 15.2. The van der Waals surface area contributed by atoms with Gasteiger partial charge in [0.05, 0.1) is 0 Å². The third-order valence-corrected chi connectivity index (χ3v) is 11.8. The monoisotopic (exact) mass is 857 g/mol. The van der Waals surface area contributed by atoms with Gasteiger partial charge in [-0.1, -0.05) is 62.4 Å². The summed E-state index contributed by atoms with van der Waals surface area (Å²) in [6.45, 7) is 19.2. The van der Waals surface area contributed by atoms with Gasteiger partial charge in [0.15, 0.2) is 13.5 Å². The van der Waals surface area contributed by atoms with Gasteiger partial charge in [-0.3, -0.25) is 12.9 Å². The molecule has 0 bridgehead atoms. The van der Waals surface area contributed by atoms with Crippen LogP contribution in [0.5, 0.6) is 0 Å². The first-order valence-corrected chi connectivity index (χ1v) is 18.2. The molecule has 0 saturated carbocycles. The second-order valence-corrected chi connectivity index (χ2v) is 16.8. The third kappa shape index (κ3) is 18.1. The molecule has 3 aromatic rings. The molecule has 0 aromatic heterocycles. The molecule has 4 rings (SSSR count). The molecule has 0 heterocycles. The van der Waals surface area contributed by atoms with Gasteiger partial charge in [-0.05, 0) is 133 Å². The van der Waals surface area contributed by atoms with Crippen LogP contribution in [0.2, 0.25) is 0 Å². The maximum absolute atomic E-state index is 11.3. The van der Waals surface area contributed by atoms with E-state index in [1.165, 1.54) is 63.9 Å². The van der Waals surface area contributed by atoms with Crippen molar-refractivity contribution in [3.8, 4) is 0 Å². The number of aryl methyl sites for hydroxylation is 4. The molecule has 9 heteroatoms. The molecule has 0 aliphatic heterocycles. The third-order valence-electron chi connectivity index (χ3n) is 6.52. The summed E-state index contributed by atoms with van der Waals surface area (Å²) < 4.78 is 29.0. The van der Waals surface area contributed by atoms with E-state index in [1.807, 2.05) is 13.8 Å². The minimum atomic E-state index is -3.67. The SMILES string of the molecule is C1=CCC/C=C\CC1.CC.Cc1cc(C)cc([PH+](c2cc(C)cc(C)c2)c2ccccc2[PH+](O)C(C)(C)C)c1.FB(F)F.[CH3-].[F-].[Ir]. The molecule has 0 amide bonds. The van der Waals surface area contributed by atoms with E-state index in [2.05, 4.69) is 133 Å².